The predicted molar refractivity (Wildman–Crippen MR) is 77.1 cm³/mol. The fraction of sp³-hybridized carbons (Fsp3) is 0.154. The zero-order valence-electron chi connectivity index (χ0n) is 10.5. The Labute approximate surface area is 128 Å². The van der Waals surface area contributed by atoms with E-state index in [9.17, 15) is 22.0 Å². The molecule has 112 valence electrons. The molecule has 0 saturated heterocycles. The quantitative estimate of drug-likeness (QED) is 0.822. The lowest BCUT2D eigenvalue weighted by atomic mass is 10.2. The molecule has 4 nitrogen and oxygen atoms in total. The molecule has 0 amide bonds. The van der Waals surface area contributed by atoms with E-state index in [2.05, 4.69) is 15.9 Å². The van der Waals surface area contributed by atoms with Crippen molar-refractivity contribution < 1.29 is 17.2 Å². The van der Waals surface area contributed by atoms with Gasteiger partial charge in [-0.05, 0) is 39.7 Å². The van der Waals surface area contributed by atoms with E-state index in [4.69, 9.17) is 0 Å². The molecule has 1 heterocycles. The molecule has 8 heteroatoms. The number of alkyl halides is 2. The van der Waals surface area contributed by atoms with Crippen molar-refractivity contribution in [3.8, 4) is 0 Å². The smallest absolute Gasteiger partial charge is 0.310 e. The summed E-state index contributed by atoms with van der Waals surface area (Å²) in [5.74, 6) is -3.45. The summed E-state index contributed by atoms with van der Waals surface area (Å²) in [6.07, 6.45) is 1.59. The van der Waals surface area contributed by atoms with Crippen LogP contribution in [0.15, 0.2) is 56.8 Å². The first-order valence-electron chi connectivity index (χ1n) is 5.78. The summed E-state index contributed by atoms with van der Waals surface area (Å²) in [6, 6.07) is 8.03. The van der Waals surface area contributed by atoms with Crippen molar-refractivity contribution in [2.24, 2.45) is 0 Å². The molecule has 0 aliphatic carbocycles. The maximum Gasteiger partial charge on any atom is 0.341 e. The van der Waals surface area contributed by atoms with Crippen LogP contribution in [-0.2, 0) is 16.4 Å². The van der Waals surface area contributed by atoms with E-state index < -0.39 is 20.5 Å². The normalized spacial score (nSPS) is 11.8. The summed E-state index contributed by atoms with van der Waals surface area (Å²) in [7, 11) is -4.59. The van der Waals surface area contributed by atoms with Gasteiger partial charge in [0.2, 0.25) is 9.84 Å². The average Bonchev–Trinajstić information content (AvgIpc) is 2.43. The third-order valence-corrected chi connectivity index (χ3v) is 4.65. The minimum Gasteiger partial charge on any atom is -0.310 e. The molecule has 0 saturated carbocycles. The summed E-state index contributed by atoms with van der Waals surface area (Å²) < 4.78 is 49.5. The minimum absolute atomic E-state index is 0.216. The van der Waals surface area contributed by atoms with Crippen LogP contribution in [0.3, 0.4) is 0 Å². The molecule has 0 fully saturated rings. The van der Waals surface area contributed by atoms with Gasteiger partial charge in [-0.2, -0.15) is 8.78 Å². The Morgan fingerprint density at radius 1 is 1.10 bits per heavy atom. The molecule has 1 aromatic heterocycles. The van der Waals surface area contributed by atoms with Crippen LogP contribution in [0.5, 0.6) is 0 Å². The van der Waals surface area contributed by atoms with E-state index >= 15 is 0 Å². The van der Waals surface area contributed by atoms with E-state index in [1.807, 2.05) is 0 Å². The number of hydrogen-bond acceptors (Lipinski definition) is 3. The van der Waals surface area contributed by atoms with Gasteiger partial charge < -0.3 is 4.57 Å². The molecule has 0 atom stereocenters. The maximum atomic E-state index is 12.4. The molecule has 21 heavy (non-hydrogen) atoms. The molecule has 2 aromatic rings. The number of benzene rings is 1. The summed E-state index contributed by atoms with van der Waals surface area (Å²) >= 11 is 3.24. The summed E-state index contributed by atoms with van der Waals surface area (Å²) in [6.45, 7) is 0.216. The number of hydrogen-bond donors (Lipinski definition) is 0. The van der Waals surface area contributed by atoms with Crippen molar-refractivity contribution in [1.29, 1.82) is 0 Å². The van der Waals surface area contributed by atoms with Crippen LogP contribution in [0.4, 0.5) is 8.78 Å². The lowest BCUT2D eigenvalue weighted by Crippen LogP contribution is -2.18. The fourth-order valence-electron chi connectivity index (χ4n) is 1.71. The first-order chi connectivity index (χ1) is 9.80. The van der Waals surface area contributed by atoms with Crippen LogP contribution in [-0.4, -0.2) is 18.7 Å². The topological polar surface area (TPSA) is 56.1 Å². The Kier molecular flexibility index (Phi) is 4.58. The molecular formula is C13H10BrF2NO3S. The first-order valence-corrected chi connectivity index (χ1v) is 8.11. The second-order valence-corrected chi connectivity index (χ2v) is 7.10. The van der Waals surface area contributed by atoms with Gasteiger partial charge in [0.05, 0.1) is 11.4 Å². The van der Waals surface area contributed by atoms with Crippen LogP contribution in [0, 0.1) is 0 Å². The van der Waals surface area contributed by atoms with Crippen LogP contribution in [0.2, 0.25) is 0 Å². The van der Waals surface area contributed by atoms with E-state index in [1.54, 1.807) is 12.3 Å². The summed E-state index contributed by atoms with van der Waals surface area (Å²) in [5.41, 5.74) is 0.408. The second kappa shape index (κ2) is 6.07. The van der Waals surface area contributed by atoms with Crippen molar-refractivity contribution in [2.45, 2.75) is 17.2 Å². The van der Waals surface area contributed by atoms with Gasteiger partial charge in [0, 0.05) is 16.7 Å². The van der Waals surface area contributed by atoms with E-state index in [0.29, 0.717) is 5.56 Å². The molecule has 1 aromatic carbocycles. The third kappa shape index (κ3) is 3.56. The van der Waals surface area contributed by atoms with Gasteiger partial charge in [-0.3, -0.25) is 4.79 Å². The highest BCUT2D eigenvalue weighted by Crippen LogP contribution is 2.19. The van der Waals surface area contributed by atoms with Crippen LogP contribution >= 0.6 is 15.9 Å². The largest absolute Gasteiger partial charge is 0.341 e. The molecule has 0 unspecified atom stereocenters. The summed E-state index contributed by atoms with van der Waals surface area (Å²) in [5, 5.41) is 0. The van der Waals surface area contributed by atoms with Crippen molar-refractivity contribution in [3.63, 3.8) is 0 Å². The second-order valence-electron chi connectivity index (χ2n) is 4.26. The molecule has 0 bridgehead atoms. The highest BCUT2D eigenvalue weighted by molar-refractivity contribution is 9.10. The number of pyridine rings is 1. The Hall–Kier alpha value is -1.54. The Balaban J connectivity index is 2.28. The van der Waals surface area contributed by atoms with Gasteiger partial charge in [0.25, 0.3) is 5.56 Å². The average molecular weight is 378 g/mol. The Morgan fingerprint density at radius 2 is 1.71 bits per heavy atom. The van der Waals surface area contributed by atoms with E-state index in [0.717, 1.165) is 16.6 Å². The highest BCUT2D eigenvalue weighted by atomic mass is 79.9. The van der Waals surface area contributed by atoms with Crippen molar-refractivity contribution in [1.82, 2.24) is 4.57 Å². The van der Waals surface area contributed by atoms with Crippen LogP contribution in [0.1, 0.15) is 5.56 Å². The van der Waals surface area contributed by atoms with Crippen molar-refractivity contribution in [2.75, 3.05) is 0 Å². The van der Waals surface area contributed by atoms with Crippen LogP contribution in [0.25, 0.3) is 0 Å². The molecule has 0 aliphatic heterocycles. The Bertz CT molecular complexity index is 801. The SMILES string of the molecule is O=c1ccc(Br)cn1Cc1ccc(S(=O)(=O)C(F)F)cc1. The highest BCUT2D eigenvalue weighted by Gasteiger charge is 2.26. The summed E-state index contributed by atoms with van der Waals surface area (Å²) in [4.78, 5) is 11.2. The Morgan fingerprint density at radius 3 is 2.29 bits per heavy atom. The molecule has 2 rings (SSSR count). The van der Waals surface area contributed by atoms with Gasteiger partial charge in [-0.25, -0.2) is 8.42 Å². The first kappa shape index (κ1) is 15.8. The number of sulfone groups is 1. The lowest BCUT2D eigenvalue weighted by Gasteiger charge is -2.07. The van der Waals surface area contributed by atoms with Gasteiger partial charge in [-0.1, -0.05) is 12.1 Å². The molecule has 0 radical (unpaired) electrons. The number of nitrogens with zero attached hydrogens (tertiary/aromatic N) is 1. The number of halogens is 3. The van der Waals surface area contributed by atoms with Gasteiger partial charge in [0.1, 0.15) is 0 Å². The maximum absolute atomic E-state index is 12.4. The number of rotatable bonds is 4. The standard InChI is InChI=1S/C13H10BrF2NO3S/c14-10-3-6-12(18)17(8-10)7-9-1-4-11(5-2-9)21(19,20)13(15)16/h1-6,8,13H,7H2. The zero-order chi connectivity index (χ0) is 15.6. The molecule has 0 spiro atoms. The zero-order valence-corrected chi connectivity index (χ0v) is 12.9. The molecular weight excluding hydrogens is 368 g/mol. The molecule has 0 aliphatic rings. The van der Waals surface area contributed by atoms with E-state index in [1.165, 1.54) is 22.8 Å². The fourth-order valence-corrected chi connectivity index (χ4v) is 2.81. The minimum atomic E-state index is -4.59. The van der Waals surface area contributed by atoms with Gasteiger partial charge in [-0.15, -0.1) is 0 Å². The van der Waals surface area contributed by atoms with Gasteiger partial charge >= 0.3 is 5.76 Å². The van der Waals surface area contributed by atoms with Gasteiger partial charge in [0.15, 0.2) is 0 Å². The van der Waals surface area contributed by atoms with Crippen molar-refractivity contribution in [3.05, 3.63) is 63.0 Å². The van der Waals surface area contributed by atoms with Crippen molar-refractivity contribution >= 4 is 25.8 Å². The molecule has 0 N–H and O–H groups in total. The monoisotopic (exact) mass is 377 g/mol. The predicted octanol–water partition coefficient (Wildman–Crippen LogP) is 2.66. The third-order valence-electron chi connectivity index (χ3n) is 2.79. The number of aromatic nitrogens is 1. The van der Waals surface area contributed by atoms with Crippen LogP contribution < -0.4 is 5.56 Å². The van der Waals surface area contributed by atoms with E-state index in [-0.39, 0.29) is 12.1 Å². The lowest BCUT2D eigenvalue weighted by molar-refractivity contribution is 0.234.